The second kappa shape index (κ2) is 11.5. The summed E-state index contributed by atoms with van der Waals surface area (Å²) in [6.45, 7) is 0. The largest absolute Gasteiger partial charge is 0.497 e. The summed E-state index contributed by atoms with van der Waals surface area (Å²) >= 11 is 3.23. The van der Waals surface area contributed by atoms with Gasteiger partial charge in [0.2, 0.25) is 0 Å². The Morgan fingerprint density at radius 3 is 2.41 bits per heavy atom. The van der Waals surface area contributed by atoms with Gasteiger partial charge in [-0.15, -0.1) is 0 Å². The summed E-state index contributed by atoms with van der Waals surface area (Å²) < 4.78 is 41.2. The van der Waals surface area contributed by atoms with Crippen molar-refractivity contribution in [3.63, 3.8) is 0 Å². The highest BCUT2D eigenvalue weighted by molar-refractivity contribution is 9.10. The number of carbonyl (C=O) groups excluding carboxylic acids is 1. The van der Waals surface area contributed by atoms with Crippen molar-refractivity contribution in [1.82, 2.24) is 0 Å². The number of nitro groups is 1. The van der Waals surface area contributed by atoms with E-state index in [1.165, 1.54) is 32.4 Å². The predicted molar refractivity (Wildman–Crippen MR) is 137 cm³/mol. The number of carbonyl (C=O) groups is 1. The van der Waals surface area contributed by atoms with E-state index in [0.29, 0.717) is 17.0 Å². The van der Waals surface area contributed by atoms with Crippen LogP contribution in [0.4, 0.5) is 11.4 Å². The van der Waals surface area contributed by atoms with E-state index in [2.05, 4.69) is 21.2 Å². The molecule has 0 aromatic heterocycles. The summed E-state index contributed by atoms with van der Waals surface area (Å²) in [6.07, 6.45) is 1.29. The van der Waals surface area contributed by atoms with Crippen LogP contribution in [-0.2, 0) is 14.9 Å². The van der Waals surface area contributed by atoms with E-state index in [1.54, 1.807) is 24.3 Å². The number of amides is 1. The quantitative estimate of drug-likeness (QED) is 0.123. The molecule has 3 rings (SSSR count). The lowest BCUT2D eigenvalue weighted by Crippen LogP contribution is -2.13. The van der Waals surface area contributed by atoms with E-state index in [1.807, 2.05) is 6.07 Å². The summed E-state index contributed by atoms with van der Waals surface area (Å²) in [5.41, 5.74) is 0.243. The zero-order chi connectivity index (χ0) is 27.2. The predicted octanol–water partition coefficient (Wildman–Crippen LogP) is 4.69. The summed E-state index contributed by atoms with van der Waals surface area (Å²) in [7, 11) is -1.62. The van der Waals surface area contributed by atoms with Gasteiger partial charge in [-0.3, -0.25) is 14.9 Å². The number of non-ortho nitro benzene ring substituents is 1. The van der Waals surface area contributed by atoms with E-state index in [-0.39, 0.29) is 32.1 Å². The Labute approximate surface area is 220 Å². The lowest BCUT2D eigenvalue weighted by atomic mass is 10.1. The van der Waals surface area contributed by atoms with Gasteiger partial charge in [0.1, 0.15) is 22.3 Å². The lowest BCUT2D eigenvalue weighted by Gasteiger charge is -2.13. The molecule has 0 aliphatic heterocycles. The normalized spacial score (nSPS) is 11.2. The van der Waals surface area contributed by atoms with Crippen LogP contribution in [0.2, 0.25) is 0 Å². The minimum Gasteiger partial charge on any atom is -0.497 e. The van der Waals surface area contributed by atoms with Crippen molar-refractivity contribution in [1.29, 1.82) is 5.26 Å². The van der Waals surface area contributed by atoms with Gasteiger partial charge in [0.25, 0.3) is 11.6 Å². The topological polar surface area (TPSA) is 158 Å². The highest BCUT2D eigenvalue weighted by atomic mass is 79.9. The van der Waals surface area contributed by atoms with Crippen LogP contribution < -0.4 is 19.0 Å². The van der Waals surface area contributed by atoms with Crippen LogP contribution in [0.25, 0.3) is 6.08 Å². The van der Waals surface area contributed by atoms with Gasteiger partial charge in [-0.2, -0.15) is 13.7 Å². The van der Waals surface area contributed by atoms with Gasteiger partial charge in [0, 0.05) is 23.9 Å². The maximum atomic E-state index is 12.7. The molecule has 0 radical (unpaired) electrons. The second-order valence-electron chi connectivity index (χ2n) is 7.18. The average Bonchev–Trinajstić information content (AvgIpc) is 2.88. The fourth-order valence-electron chi connectivity index (χ4n) is 3.01. The summed E-state index contributed by atoms with van der Waals surface area (Å²) in [5, 5.41) is 22.9. The van der Waals surface area contributed by atoms with Crippen molar-refractivity contribution >= 4 is 49.4 Å². The summed E-state index contributed by atoms with van der Waals surface area (Å²) in [6, 6.07) is 15.4. The number of nitro benzene ring substituents is 1. The first-order valence-corrected chi connectivity index (χ1v) is 12.4. The van der Waals surface area contributed by atoms with E-state index in [0.717, 1.165) is 24.3 Å². The van der Waals surface area contributed by atoms with Crippen molar-refractivity contribution in [3.05, 3.63) is 86.4 Å². The van der Waals surface area contributed by atoms with Gasteiger partial charge in [0.05, 0.1) is 23.6 Å². The van der Waals surface area contributed by atoms with Gasteiger partial charge in [-0.25, -0.2) is 0 Å². The minimum absolute atomic E-state index is 0.0170. The number of nitrogens with zero attached hydrogens (tertiary/aromatic N) is 2. The number of nitriles is 1. The molecule has 0 unspecified atom stereocenters. The number of rotatable bonds is 9. The Morgan fingerprint density at radius 2 is 1.81 bits per heavy atom. The molecule has 0 saturated heterocycles. The number of methoxy groups -OCH3 is 2. The number of halogens is 1. The van der Waals surface area contributed by atoms with Crippen molar-refractivity contribution in [2.24, 2.45) is 0 Å². The van der Waals surface area contributed by atoms with Crippen LogP contribution in [0.5, 0.6) is 17.2 Å². The van der Waals surface area contributed by atoms with Crippen LogP contribution in [0, 0.1) is 21.4 Å². The van der Waals surface area contributed by atoms with E-state index in [4.69, 9.17) is 13.7 Å². The molecule has 0 aliphatic carbocycles. The second-order valence-corrected chi connectivity index (χ2v) is 9.58. The number of nitrogens with one attached hydrogen (secondary N) is 1. The van der Waals surface area contributed by atoms with Crippen LogP contribution in [0.3, 0.4) is 0 Å². The summed E-state index contributed by atoms with van der Waals surface area (Å²) in [4.78, 5) is 22.5. The molecule has 11 nitrogen and oxygen atoms in total. The lowest BCUT2D eigenvalue weighted by molar-refractivity contribution is -0.384. The van der Waals surface area contributed by atoms with Crippen molar-refractivity contribution in [2.75, 3.05) is 19.5 Å². The van der Waals surface area contributed by atoms with E-state index < -0.39 is 20.9 Å². The monoisotopic (exact) mass is 587 g/mol. The van der Waals surface area contributed by atoms with Crippen LogP contribution in [0.1, 0.15) is 5.56 Å². The minimum atomic E-state index is -4.38. The van der Waals surface area contributed by atoms with Gasteiger partial charge in [-0.05, 0) is 64.0 Å². The smallest absolute Gasteiger partial charge is 0.339 e. The van der Waals surface area contributed by atoms with Gasteiger partial charge in [0.15, 0.2) is 11.5 Å². The third kappa shape index (κ3) is 6.63. The zero-order valence-electron chi connectivity index (χ0n) is 19.3. The Bertz CT molecular complexity index is 1530. The molecule has 0 atom stereocenters. The fraction of sp³-hybridized carbons (Fsp3) is 0.0833. The molecule has 3 aromatic rings. The van der Waals surface area contributed by atoms with Gasteiger partial charge >= 0.3 is 10.1 Å². The first-order chi connectivity index (χ1) is 17.6. The molecule has 1 amide bonds. The molecule has 37 heavy (non-hydrogen) atoms. The van der Waals surface area contributed by atoms with E-state index >= 15 is 0 Å². The maximum absolute atomic E-state index is 12.7. The van der Waals surface area contributed by atoms with Crippen molar-refractivity contribution in [2.45, 2.75) is 4.90 Å². The molecule has 1 N–H and O–H groups in total. The Balaban J connectivity index is 1.89. The molecule has 0 aliphatic rings. The van der Waals surface area contributed by atoms with Crippen LogP contribution in [-0.4, -0.2) is 33.5 Å². The molecule has 0 fully saturated rings. The highest BCUT2D eigenvalue weighted by Crippen LogP contribution is 2.39. The Hall–Kier alpha value is -4.41. The molecule has 0 spiro atoms. The molecule has 13 heteroatoms. The molecule has 3 aromatic carbocycles. The third-order valence-corrected chi connectivity index (χ3v) is 6.61. The molecule has 0 heterocycles. The highest BCUT2D eigenvalue weighted by Gasteiger charge is 2.23. The number of benzene rings is 3. The number of hydrogen-bond acceptors (Lipinski definition) is 9. The maximum Gasteiger partial charge on any atom is 0.339 e. The first-order valence-electron chi connectivity index (χ1n) is 10.2. The summed E-state index contributed by atoms with van der Waals surface area (Å²) in [5.74, 6) is -0.367. The van der Waals surface area contributed by atoms with Crippen molar-refractivity contribution < 1.29 is 31.8 Å². The van der Waals surface area contributed by atoms with Crippen molar-refractivity contribution in [3.8, 4) is 23.3 Å². The average molecular weight is 588 g/mol. The zero-order valence-corrected chi connectivity index (χ0v) is 21.7. The van der Waals surface area contributed by atoms with Crippen LogP contribution in [0.15, 0.2) is 75.6 Å². The molecular weight excluding hydrogens is 570 g/mol. The molecule has 0 bridgehead atoms. The molecule has 190 valence electrons. The number of ether oxygens (including phenoxy) is 2. The van der Waals surface area contributed by atoms with Crippen LogP contribution >= 0.6 is 15.9 Å². The number of anilines is 1. The standard InChI is InChI=1S/C24H18BrN3O8S/c1-34-19-5-3-4-17(13-19)27-24(29)16(14-26)10-15-11-21(25)23(22(12-15)35-2)36-37(32,33)20-8-6-18(7-9-20)28(30)31/h3-13H,1-2H3,(H,27,29)/b16-10+. The fourth-order valence-corrected chi connectivity index (χ4v) is 4.62. The molecular formula is C24H18BrN3O8S. The van der Waals surface area contributed by atoms with Gasteiger partial charge in [-0.1, -0.05) is 6.07 Å². The SMILES string of the molecule is COc1cccc(NC(=O)/C(C#N)=C/c2cc(Br)c(OS(=O)(=O)c3ccc([N+](=O)[O-])cc3)c(OC)c2)c1. The van der Waals surface area contributed by atoms with E-state index in [9.17, 15) is 28.6 Å². The first kappa shape index (κ1) is 27.2. The number of hydrogen-bond donors (Lipinski definition) is 1. The third-order valence-electron chi connectivity index (χ3n) is 4.78. The molecule has 0 saturated carbocycles. The van der Waals surface area contributed by atoms with Gasteiger partial charge < -0.3 is 19.0 Å². The Morgan fingerprint density at radius 1 is 1.11 bits per heavy atom. The Kier molecular flexibility index (Phi) is 8.49.